The Morgan fingerprint density at radius 1 is 1.18 bits per heavy atom. The van der Waals surface area contributed by atoms with Crippen LogP contribution in [0.3, 0.4) is 0 Å². The molecule has 0 aliphatic heterocycles. The van der Waals surface area contributed by atoms with E-state index in [2.05, 4.69) is 0 Å². The third kappa shape index (κ3) is 2.26. The van der Waals surface area contributed by atoms with Crippen LogP contribution < -0.4 is 4.74 Å². The molecule has 0 saturated heterocycles. The van der Waals surface area contributed by atoms with Gasteiger partial charge in [0.15, 0.2) is 0 Å². The molecule has 0 aliphatic rings. The number of hydrogen-bond donors (Lipinski definition) is 0. The third-order valence-electron chi connectivity index (χ3n) is 2.48. The van der Waals surface area contributed by atoms with E-state index < -0.39 is 0 Å². The van der Waals surface area contributed by atoms with Crippen molar-refractivity contribution in [2.24, 2.45) is 0 Å². The van der Waals surface area contributed by atoms with Crippen molar-refractivity contribution >= 4 is 0 Å². The molecule has 0 saturated carbocycles. The molecule has 84 valence electrons. The summed E-state index contributed by atoms with van der Waals surface area (Å²) < 4.78 is 18.7. The Balaban J connectivity index is 2.55. The monoisotopic (exact) mass is 227 g/mol. The molecule has 3 heteroatoms. The highest BCUT2D eigenvalue weighted by atomic mass is 19.1. The molecule has 0 atom stereocenters. The second kappa shape index (κ2) is 4.67. The minimum absolute atomic E-state index is 0.333. The molecular weight excluding hydrogens is 217 g/mol. The highest BCUT2D eigenvalue weighted by molar-refractivity contribution is 5.67. The second-order valence-electron chi connectivity index (χ2n) is 3.54. The van der Waals surface area contributed by atoms with E-state index in [1.807, 2.05) is 6.07 Å². The molecule has 2 nitrogen and oxygen atoms in total. The number of nitrogens with zero attached hydrogens (tertiary/aromatic N) is 1. The lowest BCUT2D eigenvalue weighted by molar-refractivity contribution is 0.414. The zero-order valence-electron chi connectivity index (χ0n) is 9.27. The lowest BCUT2D eigenvalue weighted by atomic mass is 10.0. The lowest BCUT2D eigenvalue weighted by Crippen LogP contribution is -1.88. The molecule has 0 unspecified atom stereocenters. The molecule has 0 fully saturated rings. The van der Waals surface area contributed by atoms with Crippen LogP contribution in [0.5, 0.6) is 5.75 Å². The van der Waals surface area contributed by atoms with Gasteiger partial charge in [0.05, 0.1) is 18.7 Å². The van der Waals surface area contributed by atoms with Crippen molar-refractivity contribution in [2.45, 2.75) is 0 Å². The van der Waals surface area contributed by atoms with E-state index >= 15 is 0 Å². The first-order chi connectivity index (χ1) is 8.24. The van der Waals surface area contributed by atoms with Crippen LogP contribution in [-0.2, 0) is 0 Å². The largest absolute Gasteiger partial charge is 0.497 e. The van der Waals surface area contributed by atoms with Gasteiger partial charge in [0.25, 0.3) is 0 Å². The van der Waals surface area contributed by atoms with Gasteiger partial charge in [-0.05, 0) is 35.9 Å². The average Bonchev–Trinajstić information content (AvgIpc) is 2.39. The normalized spacial score (nSPS) is 9.71. The first-order valence-corrected chi connectivity index (χ1v) is 5.08. The van der Waals surface area contributed by atoms with Gasteiger partial charge in [0, 0.05) is 5.56 Å². The van der Waals surface area contributed by atoms with Gasteiger partial charge in [0.1, 0.15) is 11.6 Å². The molecule has 0 aromatic heterocycles. The molecule has 0 radical (unpaired) electrons. The second-order valence-corrected chi connectivity index (χ2v) is 3.54. The fourth-order valence-electron chi connectivity index (χ4n) is 1.61. The van der Waals surface area contributed by atoms with Gasteiger partial charge in [-0.1, -0.05) is 12.1 Å². The highest BCUT2D eigenvalue weighted by Gasteiger charge is 2.07. The summed E-state index contributed by atoms with van der Waals surface area (Å²) in [6, 6.07) is 13.4. The Morgan fingerprint density at radius 3 is 2.71 bits per heavy atom. The fraction of sp³-hybridized carbons (Fsp3) is 0.0714. The average molecular weight is 227 g/mol. The number of benzene rings is 2. The van der Waals surface area contributed by atoms with Gasteiger partial charge >= 0.3 is 0 Å². The Labute approximate surface area is 98.9 Å². The van der Waals surface area contributed by atoms with Crippen molar-refractivity contribution in [1.29, 1.82) is 5.26 Å². The summed E-state index contributed by atoms with van der Waals surface area (Å²) >= 11 is 0. The van der Waals surface area contributed by atoms with Crippen molar-refractivity contribution in [3.05, 3.63) is 53.8 Å². The summed E-state index contributed by atoms with van der Waals surface area (Å²) in [7, 11) is 1.53. The summed E-state index contributed by atoms with van der Waals surface area (Å²) in [5.41, 5.74) is 1.60. The molecule has 0 amide bonds. The smallest absolute Gasteiger partial charge is 0.131 e. The minimum atomic E-state index is -0.333. The van der Waals surface area contributed by atoms with E-state index in [1.165, 1.54) is 13.2 Å². The maximum Gasteiger partial charge on any atom is 0.131 e. The topological polar surface area (TPSA) is 33.0 Å². The molecule has 0 bridgehead atoms. The van der Waals surface area contributed by atoms with Crippen LogP contribution in [0.15, 0.2) is 42.5 Å². The Bertz CT molecular complexity index is 587. The Hall–Kier alpha value is -2.34. The zero-order chi connectivity index (χ0) is 12.3. The Morgan fingerprint density at radius 2 is 2.00 bits per heavy atom. The van der Waals surface area contributed by atoms with Crippen LogP contribution in [0.2, 0.25) is 0 Å². The fourth-order valence-corrected chi connectivity index (χ4v) is 1.61. The maximum atomic E-state index is 13.7. The quantitative estimate of drug-likeness (QED) is 0.788. The van der Waals surface area contributed by atoms with Crippen LogP contribution in [-0.4, -0.2) is 7.11 Å². The number of methoxy groups -OCH3 is 1. The van der Waals surface area contributed by atoms with Crippen molar-refractivity contribution in [3.8, 4) is 22.9 Å². The van der Waals surface area contributed by atoms with E-state index in [9.17, 15) is 4.39 Å². The highest BCUT2D eigenvalue weighted by Crippen LogP contribution is 2.27. The SMILES string of the molecule is COc1ccc(F)c(-c2cccc(C#N)c2)c1. The zero-order valence-corrected chi connectivity index (χ0v) is 9.27. The van der Waals surface area contributed by atoms with Gasteiger partial charge in [-0.15, -0.1) is 0 Å². The van der Waals surface area contributed by atoms with Crippen LogP contribution >= 0.6 is 0 Å². The number of ether oxygens (including phenoxy) is 1. The van der Waals surface area contributed by atoms with Crippen molar-refractivity contribution in [2.75, 3.05) is 7.11 Å². The third-order valence-corrected chi connectivity index (χ3v) is 2.48. The number of halogens is 1. The first-order valence-electron chi connectivity index (χ1n) is 5.08. The molecule has 0 heterocycles. The van der Waals surface area contributed by atoms with E-state index in [0.29, 0.717) is 22.4 Å². The summed E-state index contributed by atoms with van der Waals surface area (Å²) in [5.74, 6) is 0.254. The number of hydrogen-bond acceptors (Lipinski definition) is 2. The molecule has 0 aliphatic carbocycles. The predicted octanol–water partition coefficient (Wildman–Crippen LogP) is 3.37. The number of rotatable bonds is 2. The lowest BCUT2D eigenvalue weighted by Gasteiger charge is -2.06. The maximum absolute atomic E-state index is 13.7. The van der Waals surface area contributed by atoms with Gasteiger partial charge in [-0.3, -0.25) is 0 Å². The van der Waals surface area contributed by atoms with Crippen LogP contribution in [0.25, 0.3) is 11.1 Å². The van der Waals surface area contributed by atoms with Crippen LogP contribution in [0.1, 0.15) is 5.56 Å². The van der Waals surface area contributed by atoms with Crippen molar-refractivity contribution in [3.63, 3.8) is 0 Å². The molecule has 0 spiro atoms. The van der Waals surface area contributed by atoms with Gasteiger partial charge in [0.2, 0.25) is 0 Å². The van der Waals surface area contributed by atoms with Gasteiger partial charge in [-0.25, -0.2) is 4.39 Å². The van der Waals surface area contributed by atoms with Gasteiger partial charge in [-0.2, -0.15) is 5.26 Å². The van der Waals surface area contributed by atoms with Crippen molar-refractivity contribution in [1.82, 2.24) is 0 Å². The summed E-state index contributed by atoms with van der Waals surface area (Å²) in [6.45, 7) is 0. The first kappa shape index (κ1) is 11.2. The van der Waals surface area contributed by atoms with E-state index in [1.54, 1.807) is 36.4 Å². The van der Waals surface area contributed by atoms with Crippen LogP contribution in [0.4, 0.5) is 4.39 Å². The summed E-state index contributed by atoms with van der Waals surface area (Å²) in [5, 5.41) is 8.81. The standard InChI is InChI=1S/C14H10FNO/c1-17-12-5-6-14(15)13(8-12)11-4-2-3-10(7-11)9-16/h2-8H,1H3. The van der Waals surface area contributed by atoms with Crippen molar-refractivity contribution < 1.29 is 9.13 Å². The molecular formula is C14H10FNO. The van der Waals surface area contributed by atoms with E-state index in [0.717, 1.165) is 0 Å². The van der Waals surface area contributed by atoms with E-state index in [4.69, 9.17) is 10.00 Å². The predicted molar refractivity (Wildman–Crippen MR) is 63.1 cm³/mol. The summed E-state index contributed by atoms with van der Waals surface area (Å²) in [4.78, 5) is 0. The minimum Gasteiger partial charge on any atom is -0.497 e. The summed E-state index contributed by atoms with van der Waals surface area (Å²) in [6.07, 6.45) is 0. The molecule has 0 N–H and O–H groups in total. The molecule has 2 rings (SSSR count). The molecule has 2 aromatic carbocycles. The Kier molecular flexibility index (Phi) is 3.06. The number of nitriles is 1. The molecule has 17 heavy (non-hydrogen) atoms. The van der Waals surface area contributed by atoms with E-state index in [-0.39, 0.29) is 5.82 Å². The van der Waals surface area contributed by atoms with Crippen LogP contribution in [0, 0.1) is 17.1 Å². The molecule has 2 aromatic rings. The van der Waals surface area contributed by atoms with Gasteiger partial charge < -0.3 is 4.74 Å².